The van der Waals surface area contributed by atoms with Gasteiger partial charge in [-0.3, -0.25) is 19.9 Å². The van der Waals surface area contributed by atoms with Gasteiger partial charge < -0.3 is 10.1 Å². The summed E-state index contributed by atoms with van der Waals surface area (Å²) in [7, 11) is 1.55. The van der Waals surface area contributed by atoms with Gasteiger partial charge in [0.1, 0.15) is 5.75 Å². The van der Waals surface area contributed by atoms with Crippen molar-refractivity contribution in [2.24, 2.45) is 0 Å². The zero-order chi connectivity index (χ0) is 19.3. The zero-order valence-corrected chi connectivity index (χ0v) is 15.9. The topological polar surface area (TPSA) is 92.8 Å². The molecule has 0 radical (unpaired) electrons. The van der Waals surface area contributed by atoms with Crippen LogP contribution in [0.4, 0.5) is 0 Å². The van der Waals surface area contributed by atoms with Gasteiger partial charge in [-0.25, -0.2) is 0 Å². The van der Waals surface area contributed by atoms with E-state index in [2.05, 4.69) is 25.5 Å². The Morgan fingerprint density at radius 2 is 2.21 bits per heavy atom. The number of ether oxygens (including phenoxy) is 1. The van der Waals surface area contributed by atoms with Crippen molar-refractivity contribution in [1.82, 2.24) is 25.5 Å². The molecule has 0 bridgehead atoms. The Bertz CT molecular complexity index is 1120. The summed E-state index contributed by atoms with van der Waals surface area (Å²) >= 11 is 1.60. The number of methoxy groups -OCH3 is 1. The molecule has 0 saturated heterocycles. The molecule has 0 aliphatic heterocycles. The van der Waals surface area contributed by atoms with Crippen LogP contribution >= 0.6 is 11.3 Å². The van der Waals surface area contributed by atoms with E-state index in [0.717, 1.165) is 16.6 Å². The second-order valence-electron chi connectivity index (χ2n) is 5.96. The third-order valence-electron chi connectivity index (χ3n) is 4.19. The number of carbonyl (C=O) groups is 1. The standard InChI is InChI=1S/C20H17N5O2S/c1-27-19-15(20(26)23-10-13-6-9-28-12-13)3-5-17-18(19)16(24-25-17)4-2-14-11-21-7-8-22-14/h2-9,11-12H,10H2,1H3,(H,23,26)(H,24,25). The Hall–Kier alpha value is -3.52. The van der Waals surface area contributed by atoms with E-state index in [1.54, 1.807) is 49.2 Å². The maximum absolute atomic E-state index is 12.7. The highest BCUT2D eigenvalue weighted by Crippen LogP contribution is 2.32. The van der Waals surface area contributed by atoms with Gasteiger partial charge in [0, 0.05) is 18.9 Å². The molecule has 1 aromatic carbocycles. The van der Waals surface area contributed by atoms with E-state index in [9.17, 15) is 4.79 Å². The Morgan fingerprint density at radius 3 is 2.96 bits per heavy atom. The quantitative estimate of drug-likeness (QED) is 0.525. The number of nitrogens with one attached hydrogen (secondary N) is 2. The molecule has 0 fully saturated rings. The number of benzene rings is 1. The van der Waals surface area contributed by atoms with Crippen LogP contribution in [0.15, 0.2) is 47.5 Å². The van der Waals surface area contributed by atoms with Crippen LogP contribution in [0.1, 0.15) is 27.3 Å². The number of hydrogen-bond donors (Lipinski definition) is 2. The van der Waals surface area contributed by atoms with Crippen LogP contribution in [0.5, 0.6) is 5.75 Å². The van der Waals surface area contributed by atoms with E-state index in [-0.39, 0.29) is 5.91 Å². The van der Waals surface area contributed by atoms with Crippen LogP contribution in [0.3, 0.4) is 0 Å². The lowest BCUT2D eigenvalue weighted by molar-refractivity contribution is 0.0948. The number of rotatable bonds is 6. The average Bonchev–Trinajstić information content (AvgIpc) is 3.40. The summed E-state index contributed by atoms with van der Waals surface area (Å²) in [6, 6.07) is 5.51. The highest BCUT2D eigenvalue weighted by Gasteiger charge is 2.18. The molecular formula is C20H17N5O2S. The molecule has 8 heteroatoms. The van der Waals surface area contributed by atoms with Gasteiger partial charge in [0.05, 0.1) is 41.2 Å². The van der Waals surface area contributed by atoms with Gasteiger partial charge in [-0.05, 0) is 46.7 Å². The van der Waals surface area contributed by atoms with Crippen molar-refractivity contribution in [3.8, 4) is 5.75 Å². The third kappa shape index (κ3) is 3.63. The monoisotopic (exact) mass is 391 g/mol. The maximum atomic E-state index is 12.7. The zero-order valence-electron chi connectivity index (χ0n) is 15.0. The van der Waals surface area contributed by atoms with Crippen LogP contribution in [0.25, 0.3) is 23.1 Å². The number of H-pyrrole nitrogens is 1. The Balaban J connectivity index is 1.66. The molecule has 0 aliphatic rings. The summed E-state index contributed by atoms with van der Waals surface area (Å²) in [4.78, 5) is 21.0. The van der Waals surface area contributed by atoms with Crippen LogP contribution in [0.2, 0.25) is 0 Å². The first-order valence-electron chi connectivity index (χ1n) is 8.54. The van der Waals surface area contributed by atoms with Gasteiger partial charge in [-0.1, -0.05) is 0 Å². The highest BCUT2D eigenvalue weighted by atomic mass is 32.1. The van der Waals surface area contributed by atoms with Crippen LogP contribution in [0, 0.1) is 0 Å². The number of thiophene rings is 1. The minimum atomic E-state index is -0.199. The third-order valence-corrected chi connectivity index (χ3v) is 4.92. The molecule has 4 aromatic rings. The van der Waals surface area contributed by atoms with E-state index in [4.69, 9.17) is 4.74 Å². The Morgan fingerprint density at radius 1 is 1.29 bits per heavy atom. The highest BCUT2D eigenvalue weighted by molar-refractivity contribution is 7.07. The van der Waals surface area contributed by atoms with E-state index in [1.165, 1.54) is 0 Å². The molecule has 3 aromatic heterocycles. The van der Waals surface area contributed by atoms with Crippen molar-refractivity contribution in [2.75, 3.05) is 7.11 Å². The lowest BCUT2D eigenvalue weighted by Crippen LogP contribution is -2.23. The van der Waals surface area contributed by atoms with Crippen molar-refractivity contribution in [3.05, 3.63) is 70.1 Å². The number of fused-ring (bicyclic) bond motifs is 1. The molecule has 0 aliphatic carbocycles. The van der Waals surface area contributed by atoms with Crippen molar-refractivity contribution in [2.45, 2.75) is 6.54 Å². The van der Waals surface area contributed by atoms with Gasteiger partial charge >= 0.3 is 0 Å². The molecule has 2 N–H and O–H groups in total. The van der Waals surface area contributed by atoms with Crippen molar-refractivity contribution in [1.29, 1.82) is 0 Å². The average molecular weight is 391 g/mol. The Kier molecular flexibility index (Phi) is 5.11. The predicted molar refractivity (Wildman–Crippen MR) is 109 cm³/mol. The normalized spacial score (nSPS) is 11.2. The van der Waals surface area contributed by atoms with Crippen molar-refractivity contribution in [3.63, 3.8) is 0 Å². The van der Waals surface area contributed by atoms with Gasteiger partial charge in [-0.15, -0.1) is 0 Å². The molecular weight excluding hydrogens is 374 g/mol. The summed E-state index contributed by atoms with van der Waals surface area (Å²) in [5.41, 5.74) is 3.68. The first-order chi connectivity index (χ1) is 13.8. The molecule has 0 atom stereocenters. The lowest BCUT2D eigenvalue weighted by Gasteiger charge is -2.10. The van der Waals surface area contributed by atoms with Crippen LogP contribution in [-0.2, 0) is 6.54 Å². The minimum Gasteiger partial charge on any atom is -0.495 e. The molecule has 7 nitrogen and oxygen atoms in total. The Labute approximate surface area is 165 Å². The minimum absolute atomic E-state index is 0.199. The van der Waals surface area contributed by atoms with E-state index >= 15 is 0 Å². The first-order valence-corrected chi connectivity index (χ1v) is 9.49. The summed E-state index contributed by atoms with van der Waals surface area (Å²) in [6.45, 7) is 0.467. The van der Waals surface area contributed by atoms with Gasteiger partial charge in [0.2, 0.25) is 0 Å². The number of amides is 1. The fraction of sp³-hybridized carbons (Fsp3) is 0.100. The second kappa shape index (κ2) is 8.01. The van der Waals surface area contributed by atoms with Crippen LogP contribution < -0.4 is 10.1 Å². The fourth-order valence-electron chi connectivity index (χ4n) is 2.85. The lowest BCUT2D eigenvalue weighted by atomic mass is 10.1. The summed E-state index contributed by atoms with van der Waals surface area (Å²) in [5.74, 6) is 0.280. The van der Waals surface area contributed by atoms with E-state index < -0.39 is 0 Å². The molecule has 1 amide bonds. The predicted octanol–water partition coefficient (Wildman–Crippen LogP) is 3.52. The van der Waals surface area contributed by atoms with Crippen molar-refractivity contribution < 1.29 is 9.53 Å². The van der Waals surface area contributed by atoms with Crippen molar-refractivity contribution >= 4 is 40.3 Å². The smallest absolute Gasteiger partial charge is 0.255 e. The molecule has 0 spiro atoms. The fourth-order valence-corrected chi connectivity index (χ4v) is 3.52. The van der Waals surface area contributed by atoms with Gasteiger partial charge in [0.25, 0.3) is 5.91 Å². The van der Waals surface area contributed by atoms with E-state index in [1.807, 2.05) is 29.0 Å². The SMILES string of the molecule is COc1c(C(=O)NCc2ccsc2)ccc2n[nH]c(C=Cc3cnccn3)c12. The number of aromatic amines is 1. The number of aromatic nitrogens is 4. The van der Waals surface area contributed by atoms with E-state index in [0.29, 0.717) is 29.1 Å². The second-order valence-corrected chi connectivity index (χ2v) is 6.74. The number of hydrogen-bond acceptors (Lipinski definition) is 6. The molecule has 4 rings (SSSR count). The molecule has 28 heavy (non-hydrogen) atoms. The molecule has 140 valence electrons. The molecule has 0 saturated carbocycles. The molecule has 0 unspecified atom stereocenters. The van der Waals surface area contributed by atoms with Gasteiger partial charge in [0.15, 0.2) is 0 Å². The maximum Gasteiger partial charge on any atom is 0.255 e. The number of nitrogens with zero attached hydrogens (tertiary/aromatic N) is 3. The first kappa shape index (κ1) is 17.9. The van der Waals surface area contributed by atoms with Gasteiger partial charge in [-0.2, -0.15) is 16.4 Å². The largest absolute Gasteiger partial charge is 0.495 e. The van der Waals surface area contributed by atoms with Crippen LogP contribution in [-0.4, -0.2) is 33.2 Å². The summed E-state index contributed by atoms with van der Waals surface area (Å²) < 4.78 is 5.59. The summed E-state index contributed by atoms with van der Waals surface area (Å²) in [5, 5.41) is 14.9. The number of carbonyl (C=O) groups excluding carboxylic acids is 1. The summed E-state index contributed by atoms with van der Waals surface area (Å²) in [6.07, 6.45) is 8.57. The molecule has 3 heterocycles.